The zero-order valence-electron chi connectivity index (χ0n) is 11.1. The number of aliphatic hydroxyl groups excluding tert-OH is 1. The molecule has 0 aromatic heterocycles. The average molecular weight is 273 g/mol. The van der Waals surface area contributed by atoms with Crippen LogP contribution in [0, 0.1) is 0 Å². The minimum absolute atomic E-state index is 0.0104. The van der Waals surface area contributed by atoms with Gasteiger partial charge >= 0.3 is 12.0 Å². The molecule has 7 heteroatoms. The summed E-state index contributed by atoms with van der Waals surface area (Å²) < 4.78 is 0. The lowest BCUT2D eigenvalue weighted by atomic mass is 10.2. The van der Waals surface area contributed by atoms with Crippen LogP contribution in [0.15, 0.2) is 0 Å². The molecule has 110 valence electrons. The maximum absolute atomic E-state index is 11.4. The molecule has 1 fully saturated rings. The number of urea groups is 1. The van der Waals surface area contributed by atoms with Crippen LogP contribution in [0.2, 0.25) is 0 Å². The van der Waals surface area contributed by atoms with Crippen LogP contribution in [0.3, 0.4) is 0 Å². The average Bonchev–Trinajstić information content (AvgIpc) is 2.87. The number of rotatable bonds is 8. The standard InChI is InChI=1S/C12H23N3O4/c16-9-4-10(11(17)18)14-12(19)13-5-3-8-15-6-1-2-7-15/h10,16H,1-9H2,(H,17,18)(H2,13,14,19)/t10-/m1/s1. The highest BCUT2D eigenvalue weighted by molar-refractivity contribution is 5.82. The van der Waals surface area contributed by atoms with E-state index in [1.165, 1.54) is 12.8 Å². The molecule has 1 rings (SSSR count). The van der Waals surface area contributed by atoms with E-state index in [2.05, 4.69) is 15.5 Å². The Bertz CT molecular complexity index is 293. The number of carboxylic acids is 1. The van der Waals surface area contributed by atoms with Crippen molar-refractivity contribution < 1.29 is 19.8 Å². The predicted molar refractivity (Wildman–Crippen MR) is 70.0 cm³/mol. The van der Waals surface area contributed by atoms with E-state index in [1.54, 1.807) is 0 Å². The zero-order chi connectivity index (χ0) is 14.1. The molecule has 0 saturated carbocycles. The molecule has 1 atom stereocenters. The quantitative estimate of drug-likeness (QED) is 0.451. The van der Waals surface area contributed by atoms with Crippen LogP contribution in [0.25, 0.3) is 0 Å². The van der Waals surface area contributed by atoms with Gasteiger partial charge in [-0.25, -0.2) is 9.59 Å². The molecule has 0 aromatic carbocycles. The van der Waals surface area contributed by atoms with Gasteiger partial charge in [-0.2, -0.15) is 0 Å². The van der Waals surface area contributed by atoms with Crippen molar-refractivity contribution >= 4 is 12.0 Å². The van der Waals surface area contributed by atoms with E-state index in [0.29, 0.717) is 6.54 Å². The Balaban J connectivity index is 2.10. The molecule has 0 aliphatic carbocycles. The molecule has 1 aliphatic rings. The van der Waals surface area contributed by atoms with Crippen molar-refractivity contribution in [2.45, 2.75) is 31.7 Å². The van der Waals surface area contributed by atoms with Crippen molar-refractivity contribution in [1.29, 1.82) is 0 Å². The molecule has 0 spiro atoms. The van der Waals surface area contributed by atoms with Gasteiger partial charge in [-0.15, -0.1) is 0 Å². The summed E-state index contributed by atoms with van der Waals surface area (Å²) in [5.41, 5.74) is 0. The van der Waals surface area contributed by atoms with Crippen LogP contribution in [0.1, 0.15) is 25.7 Å². The number of nitrogens with one attached hydrogen (secondary N) is 2. The number of hydrogen-bond donors (Lipinski definition) is 4. The van der Waals surface area contributed by atoms with Crippen LogP contribution in [-0.2, 0) is 4.79 Å². The topological polar surface area (TPSA) is 102 Å². The molecule has 2 amide bonds. The van der Waals surface area contributed by atoms with Gasteiger partial charge in [-0.3, -0.25) is 0 Å². The first kappa shape index (κ1) is 15.7. The second kappa shape index (κ2) is 8.71. The lowest BCUT2D eigenvalue weighted by molar-refractivity contribution is -0.139. The van der Waals surface area contributed by atoms with Gasteiger partial charge in [-0.1, -0.05) is 0 Å². The molecular weight excluding hydrogens is 250 g/mol. The van der Waals surface area contributed by atoms with Crippen LogP contribution in [-0.4, -0.2) is 65.9 Å². The normalized spacial score (nSPS) is 17.1. The number of nitrogens with zero attached hydrogens (tertiary/aromatic N) is 1. The minimum atomic E-state index is -1.14. The van der Waals surface area contributed by atoms with E-state index in [0.717, 1.165) is 26.1 Å². The van der Waals surface area contributed by atoms with Crippen LogP contribution in [0.5, 0.6) is 0 Å². The van der Waals surface area contributed by atoms with E-state index in [-0.39, 0.29) is 13.0 Å². The maximum Gasteiger partial charge on any atom is 0.326 e. The van der Waals surface area contributed by atoms with Crippen molar-refractivity contribution in [3.8, 4) is 0 Å². The summed E-state index contributed by atoms with van der Waals surface area (Å²) in [7, 11) is 0. The molecule has 1 aliphatic heterocycles. The van der Waals surface area contributed by atoms with Crippen molar-refractivity contribution in [2.24, 2.45) is 0 Å². The van der Waals surface area contributed by atoms with Gasteiger partial charge in [0.1, 0.15) is 6.04 Å². The molecule has 19 heavy (non-hydrogen) atoms. The number of hydrogen-bond acceptors (Lipinski definition) is 4. The molecule has 0 radical (unpaired) electrons. The fourth-order valence-electron chi connectivity index (χ4n) is 2.11. The number of likely N-dealkylation sites (tertiary alicyclic amines) is 1. The van der Waals surface area contributed by atoms with Gasteiger partial charge in [-0.05, 0) is 38.9 Å². The number of carbonyl (C=O) groups excluding carboxylic acids is 1. The van der Waals surface area contributed by atoms with Crippen LogP contribution < -0.4 is 10.6 Å². The largest absolute Gasteiger partial charge is 0.480 e. The lowest BCUT2D eigenvalue weighted by Crippen LogP contribution is -2.46. The molecule has 0 unspecified atom stereocenters. The highest BCUT2D eigenvalue weighted by Gasteiger charge is 2.18. The van der Waals surface area contributed by atoms with Crippen molar-refractivity contribution in [3.63, 3.8) is 0 Å². The Hall–Kier alpha value is -1.34. The number of carbonyl (C=O) groups is 2. The number of carboxylic acid groups (broad SMARTS) is 1. The van der Waals surface area contributed by atoms with Gasteiger partial charge in [0.15, 0.2) is 0 Å². The summed E-state index contributed by atoms with van der Waals surface area (Å²) in [6.45, 7) is 3.47. The van der Waals surface area contributed by atoms with E-state index in [9.17, 15) is 9.59 Å². The van der Waals surface area contributed by atoms with Crippen LogP contribution >= 0.6 is 0 Å². The molecule has 4 N–H and O–H groups in total. The molecule has 7 nitrogen and oxygen atoms in total. The first-order valence-electron chi connectivity index (χ1n) is 6.74. The van der Waals surface area contributed by atoms with E-state index in [1.807, 2.05) is 0 Å². The highest BCUT2D eigenvalue weighted by Crippen LogP contribution is 2.06. The molecule has 0 bridgehead atoms. The minimum Gasteiger partial charge on any atom is -0.480 e. The second-order valence-electron chi connectivity index (χ2n) is 4.71. The first-order valence-corrected chi connectivity index (χ1v) is 6.74. The Morgan fingerprint density at radius 2 is 1.95 bits per heavy atom. The van der Waals surface area contributed by atoms with Gasteiger partial charge in [0, 0.05) is 19.6 Å². The summed E-state index contributed by atoms with van der Waals surface area (Å²) in [5.74, 6) is -1.14. The number of aliphatic carboxylic acids is 1. The maximum atomic E-state index is 11.4. The molecule has 0 aromatic rings. The van der Waals surface area contributed by atoms with Gasteiger partial charge in [0.05, 0.1) is 0 Å². The van der Waals surface area contributed by atoms with Gasteiger partial charge in [0.25, 0.3) is 0 Å². The van der Waals surface area contributed by atoms with Gasteiger partial charge < -0.3 is 25.7 Å². The Labute approximate surface area is 113 Å². The first-order chi connectivity index (χ1) is 9.13. The third-order valence-electron chi connectivity index (χ3n) is 3.16. The number of amides is 2. The Kier molecular flexibility index (Phi) is 7.20. The van der Waals surface area contributed by atoms with Crippen molar-refractivity contribution in [2.75, 3.05) is 32.8 Å². The summed E-state index contributed by atoms with van der Waals surface area (Å²) in [5, 5.41) is 22.5. The fraction of sp³-hybridized carbons (Fsp3) is 0.833. The van der Waals surface area contributed by atoms with E-state index in [4.69, 9.17) is 10.2 Å². The van der Waals surface area contributed by atoms with Crippen molar-refractivity contribution in [3.05, 3.63) is 0 Å². The third kappa shape index (κ3) is 6.40. The van der Waals surface area contributed by atoms with Crippen molar-refractivity contribution in [1.82, 2.24) is 15.5 Å². The second-order valence-corrected chi connectivity index (χ2v) is 4.71. The smallest absolute Gasteiger partial charge is 0.326 e. The Morgan fingerprint density at radius 1 is 1.26 bits per heavy atom. The fourth-order valence-corrected chi connectivity index (χ4v) is 2.11. The SMILES string of the molecule is O=C(NCCCN1CCCC1)N[C@H](CCO)C(=O)O. The summed E-state index contributed by atoms with van der Waals surface area (Å²) >= 11 is 0. The van der Waals surface area contributed by atoms with E-state index < -0.39 is 18.0 Å². The molecular formula is C12H23N3O4. The van der Waals surface area contributed by atoms with Crippen LogP contribution in [0.4, 0.5) is 4.79 Å². The Morgan fingerprint density at radius 3 is 2.53 bits per heavy atom. The molecule has 1 heterocycles. The lowest BCUT2D eigenvalue weighted by Gasteiger charge is -2.16. The van der Waals surface area contributed by atoms with Gasteiger partial charge in [0.2, 0.25) is 0 Å². The molecule has 1 saturated heterocycles. The third-order valence-corrected chi connectivity index (χ3v) is 3.16. The monoisotopic (exact) mass is 273 g/mol. The zero-order valence-corrected chi connectivity index (χ0v) is 11.1. The number of aliphatic hydroxyl groups is 1. The predicted octanol–water partition coefficient (Wildman–Crippen LogP) is -0.393. The van der Waals surface area contributed by atoms with E-state index >= 15 is 0 Å². The summed E-state index contributed by atoms with van der Waals surface area (Å²) in [4.78, 5) is 24.6. The summed E-state index contributed by atoms with van der Waals surface area (Å²) in [6, 6.07) is -1.54. The highest BCUT2D eigenvalue weighted by atomic mass is 16.4. The summed E-state index contributed by atoms with van der Waals surface area (Å²) in [6.07, 6.45) is 3.35.